The van der Waals surface area contributed by atoms with Gasteiger partial charge in [0, 0.05) is 5.92 Å². The van der Waals surface area contributed by atoms with E-state index in [1.165, 1.54) is 0 Å². The van der Waals surface area contributed by atoms with Gasteiger partial charge >= 0.3 is 0 Å². The lowest BCUT2D eigenvalue weighted by Gasteiger charge is -2.28. The summed E-state index contributed by atoms with van der Waals surface area (Å²) in [5.74, 6) is 0.117. The van der Waals surface area contributed by atoms with Gasteiger partial charge in [-0.15, -0.1) is 0 Å². The lowest BCUT2D eigenvalue weighted by Crippen LogP contribution is -2.21. The van der Waals surface area contributed by atoms with E-state index < -0.39 is 6.29 Å². The molecule has 0 amide bonds. The number of phenolic OH excluding ortho intramolecular Hbond substituents is 1. The van der Waals surface area contributed by atoms with Gasteiger partial charge in [-0.25, -0.2) is 0 Å². The number of aromatic hydroxyl groups is 1. The van der Waals surface area contributed by atoms with Gasteiger partial charge in [-0.2, -0.15) is 0 Å². The first-order valence-electron chi connectivity index (χ1n) is 7.57. The molecule has 0 spiro atoms. The number of rotatable bonds is 3. The minimum Gasteiger partial charge on any atom is -0.507 e. The van der Waals surface area contributed by atoms with Gasteiger partial charge in [0.2, 0.25) is 0 Å². The Balaban J connectivity index is 3.41. The zero-order valence-corrected chi connectivity index (χ0v) is 14.4. The van der Waals surface area contributed by atoms with Crippen LogP contribution in [-0.4, -0.2) is 21.6 Å². The molecule has 1 atom stereocenters. The van der Waals surface area contributed by atoms with Crippen LogP contribution in [0.5, 0.6) is 5.75 Å². The van der Waals surface area contributed by atoms with E-state index in [2.05, 4.69) is 41.5 Å². The van der Waals surface area contributed by atoms with Crippen molar-refractivity contribution >= 4 is 0 Å². The summed E-state index contributed by atoms with van der Waals surface area (Å²) in [4.78, 5) is 0. The molecule has 3 N–H and O–H groups in total. The number of hydrogen-bond acceptors (Lipinski definition) is 3. The second-order valence-corrected chi connectivity index (χ2v) is 8.13. The van der Waals surface area contributed by atoms with Gasteiger partial charge < -0.3 is 15.3 Å². The Hall–Kier alpha value is -1.06. The molecule has 0 saturated carbocycles. The van der Waals surface area contributed by atoms with E-state index in [0.29, 0.717) is 12.2 Å². The fourth-order valence-electron chi connectivity index (χ4n) is 2.43. The van der Waals surface area contributed by atoms with Gasteiger partial charge in [-0.3, -0.25) is 0 Å². The van der Waals surface area contributed by atoms with Crippen molar-refractivity contribution < 1.29 is 15.3 Å². The summed E-state index contributed by atoms with van der Waals surface area (Å²) < 4.78 is 0. The molecular weight excluding hydrogens is 264 g/mol. The zero-order valence-electron chi connectivity index (χ0n) is 14.4. The van der Waals surface area contributed by atoms with Crippen LogP contribution >= 0.6 is 0 Å². The van der Waals surface area contributed by atoms with Gasteiger partial charge in [-0.05, 0) is 33.9 Å². The largest absolute Gasteiger partial charge is 0.507 e. The van der Waals surface area contributed by atoms with Crippen molar-refractivity contribution in [3.8, 4) is 5.75 Å². The molecule has 0 aliphatic rings. The van der Waals surface area contributed by atoms with Crippen LogP contribution in [0.25, 0.3) is 0 Å². The van der Waals surface area contributed by atoms with Crippen LogP contribution in [-0.2, 0) is 17.3 Å². The summed E-state index contributed by atoms with van der Waals surface area (Å²) in [5.41, 5.74) is 2.51. The van der Waals surface area contributed by atoms with E-state index in [-0.39, 0.29) is 16.7 Å². The molecule has 1 unspecified atom stereocenters. The highest BCUT2D eigenvalue weighted by Crippen LogP contribution is 2.40. The third kappa shape index (κ3) is 4.45. The van der Waals surface area contributed by atoms with Crippen molar-refractivity contribution in [3.05, 3.63) is 28.8 Å². The lowest BCUT2D eigenvalue weighted by atomic mass is 9.77. The first kappa shape index (κ1) is 18.0. The standard InChI is InChI=1S/C18H30O3/c1-11(16(20)21)8-12-9-13(17(2,3)4)15(19)14(10-12)18(5,6)7/h9-11,16,19-21H,8H2,1-7H3. The number of aliphatic hydroxyl groups is 2. The molecule has 0 saturated heterocycles. The van der Waals surface area contributed by atoms with Crippen molar-refractivity contribution in [2.75, 3.05) is 0 Å². The quantitative estimate of drug-likeness (QED) is 0.748. The molecule has 3 nitrogen and oxygen atoms in total. The summed E-state index contributed by atoms with van der Waals surface area (Å²) in [6.45, 7) is 14.2. The first-order valence-corrected chi connectivity index (χ1v) is 7.57. The average molecular weight is 294 g/mol. The van der Waals surface area contributed by atoms with Crippen LogP contribution in [0.3, 0.4) is 0 Å². The molecule has 0 heterocycles. The van der Waals surface area contributed by atoms with E-state index in [4.69, 9.17) is 0 Å². The topological polar surface area (TPSA) is 60.7 Å². The fraction of sp³-hybridized carbons (Fsp3) is 0.667. The molecule has 21 heavy (non-hydrogen) atoms. The van der Waals surface area contributed by atoms with E-state index in [1.807, 2.05) is 19.1 Å². The molecule has 0 radical (unpaired) electrons. The molecular formula is C18H30O3. The zero-order chi connectivity index (χ0) is 16.6. The monoisotopic (exact) mass is 294 g/mol. The van der Waals surface area contributed by atoms with E-state index in [0.717, 1.165) is 16.7 Å². The molecule has 1 aromatic rings. The van der Waals surface area contributed by atoms with Gasteiger partial charge in [0.1, 0.15) is 5.75 Å². The molecule has 0 bridgehead atoms. The summed E-state index contributed by atoms with van der Waals surface area (Å²) in [6.07, 6.45) is -0.751. The predicted octanol–water partition coefficient (Wildman–Crippen LogP) is 3.48. The van der Waals surface area contributed by atoms with Crippen molar-refractivity contribution in [3.63, 3.8) is 0 Å². The van der Waals surface area contributed by atoms with Crippen LogP contribution in [0, 0.1) is 5.92 Å². The highest BCUT2D eigenvalue weighted by molar-refractivity contribution is 5.50. The smallest absolute Gasteiger partial charge is 0.154 e. The number of hydrogen-bond donors (Lipinski definition) is 3. The first-order chi connectivity index (χ1) is 9.34. The Morgan fingerprint density at radius 3 is 1.57 bits per heavy atom. The number of benzene rings is 1. The van der Waals surface area contributed by atoms with Gasteiger partial charge in [-0.1, -0.05) is 60.6 Å². The highest BCUT2D eigenvalue weighted by Gasteiger charge is 2.27. The van der Waals surface area contributed by atoms with Crippen molar-refractivity contribution in [1.82, 2.24) is 0 Å². The summed E-state index contributed by atoms with van der Waals surface area (Å²) in [6, 6.07) is 3.98. The van der Waals surface area contributed by atoms with Crippen LogP contribution in [0.4, 0.5) is 0 Å². The maximum Gasteiger partial charge on any atom is 0.154 e. The summed E-state index contributed by atoms with van der Waals surface area (Å²) >= 11 is 0. The normalized spacial score (nSPS) is 14.6. The van der Waals surface area contributed by atoms with Gasteiger partial charge in [0.15, 0.2) is 6.29 Å². The second kappa shape index (κ2) is 5.98. The third-order valence-electron chi connectivity index (χ3n) is 3.85. The Morgan fingerprint density at radius 1 is 0.905 bits per heavy atom. The van der Waals surface area contributed by atoms with E-state index in [9.17, 15) is 15.3 Å². The number of phenols is 1. The molecule has 1 aromatic carbocycles. The van der Waals surface area contributed by atoms with E-state index >= 15 is 0 Å². The van der Waals surface area contributed by atoms with Crippen LogP contribution in [0.1, 0.15) is 65.2 Å². The maximum absolute atomic E-state index is 10.6. The summed E-state index contributed by atoms with van der Waals surface area (Å²) in [7, 11) is 0. The maximum atomic E-state index is 10.6. The average Bonchev–Trinajstić information content (AvgIpc) is 2.27. The van der Waals surface area contributed by atoms with Gasteiger partial charge in [0.25, 0.3) is 0 Å². The predicted molar refractivity (Wildman–Crippen MR) is 86.6 cm³/mol. The Morgan fingerprint density at radius 2 is 1.29 bits per heavy atom. The number of aliphatic hydroxyl groups excluding tert-OH is 1. The minimum atomic E-state index is -1.32. The molecule has 0 aliphatic carbocycles. The molecule has 1 rings (SSSR count). The summed E-state index contributed by atoms with van der Waals surface area (Å²) in [5, 5.41) is 29.2. The Bertz CT molecular complexity index is 455. The molecule has 0 aromatic heterocycles. The fourth-order valence-corrected chi connectivity index (χ4v) is 2.43. The lowest BCUT2D eigenvalue weighted by molar-refractivity contribution is -0.0780. The second-order valence-electron chi connectivity index (χ2n) is 8.13. The van der Waals surface area contributed by atoms with E-state index in [1.54, 1.807) is 0 Å². The van der Waals surface area contributed by atoms with Crippen molar-refractivity contribution in [2.45, 2.75) is 72.0 Å². The molecule has 0 aliphatic heterocycles. The molecule has 120 valence electrons. The van der Waals surface area contributed by atoms with Gasteiger partial charge in [0.05, 0.1) is 0 Å². The van der Waals surface area contributed by atoms with Crippen LogP contribution in [0.15, 0.2) is 12.1 Å². The SMILES string of the molecule is CC(Cc1cc(C(C)(C)C)c(O)c(C(C)(C)C)c1)C(O)O. The molecule has 0 fully saturated rings. The highest BCUT2D eigenvalue weighted by atomic mass is 16.5. The van der Waals surface area contributed by atoms with Crippen LogP contribution in [0.2, 0.25) is 0 Å². The Kier molecular flexibility index (Phi) is 5.12. The van der Waals surface area contributed by atoms with Crippen molar-refractivity contribution in [2.24, 2.45) is 5.92 Å². The van der Waals surface area contributed by atoms with Crippen molar-refractivity contribution in [1.29, 1.82) is 0 Å². The van der Waals surface area contributed by atoms with Crippen LogP contribution < -0.4 is 0 Å². The Labute approximate surface area is 128 Å². The minimum absolute atomic E-state index is 0.166. The molecule has 3 heteroatoms. The third-order valence-corrected chi connectivity index (χ3v) is 3.85.